The first-order chi connectivity index (χ1) is 12.8. The molecule has 0 spiro atoms. The van der Waals surface area contributed by atoms with Crippen LogP contribution >= 0.6 is 0 Å². The van der Waals surface area contributed by atoms with Crippen LogP contribution < -0.4 is 5.32 Å². The van der Waals surface area contributed by atoms with Crippen molar-refractivity contribution in [3.8, 4) is 0 Å². The number of piperazine rings is 1. The highest BCUT2D eigenvalue weighted by molar-refractivity contribution is 7.89. The van der Waals surface area contributed by atoms with E-state index in [1.54, 1.807) is 0 Å². The number of sulfonamides is 1. The van der Waals surface area contributed by atoms with Crippen LogP contribution in [0.15, 0.2) is 29.2 Å². The van der Waals surface area contributed by atoms with Crippen LogP contribution in [0.3, 0.4) is 0 Å². The van der Waals surface area contributed by atoms with Crippen molar-refractivity contribution in [3.05, 3.63) is 30.1 Å². The van der Waals surface area contributed by atoms with Crippen LogP contribution in [-0.4, -0.2) is 73.4 Å². The van der Waals surface area contributed by atoms with Gasteiger partial charge in [-0.25, -0.2) is 22.5 Å². The Morgan fingerprint density at radius 3 is 2.44 bits per heavy atom. The van der Waals surface area contributed by atoms with Gasteiger partial charge in [0, 0.05) is 26.2 Å². The number of hydrogen-bond acceptors (Lipinski definition) is 5. The topological polar surface area (TPSA) is 90.0 Å². The number of urea groups is 1. The van der Waals surface area contributed by atoms with Gasteiger partial charge in [-0.15, -0.1) is 0 Å². The third-order valence-corrected chi connectivity index (χ3v) is 6.74. The zero-order valence-electron chi connectivity index (χ0n) is 15.1. The van der Waals surface area contributed by atoms with Gasteiger partial charge in [-0.1, -0.05) is 25.5 Å². The molecule has 0 aliphatic carbocycles. The molecular weight excluding hydrogens is 375 g/mol. The molecule has 0 radical (unpaired) electrons. The lowest BCUT2D eigenvalue weighted by molar-refractivity contribution is -0.129. The Hall–Kier alpha value is -2.04. The minimum Gasteiger partial charge on any atom is -0.326 e. The smallest absolute Gasteiger partial charge is 0.325 e. The molecule has 0 unspecified atom stereocenters. The van der Waals surface area contributed by atoms with Crippen LogP contribution in [0, 0.1) is 5.82 Å². The Labute approximate surface area is 158 Å². The molecular formula is C17H23FN4O4S. The van der Waals surface area contributed by atoms with Crippen LogP contribution in [-0.2, 0) is 14.8 Å². The predicted molar refractivity (Wildman–Crippen MR) is 95.7 cm³/mol. The van der Waals surface area contributed by atoms with Crippen LogP contribution in [0.5, 0.6) is 0 Å². The van der Waals surface area contributed by atoms with Crippen molar-refractivity contribution in [2.45, 2.75) is 30.7 Å². The number of imide groups is 1. The molecule has 0 aromatic heterocycles. The number of halogens is 1. The second kappa shape index (κ2) is 7.91. The summed E-state index contributed by atoms with van der Waals surface area (Å²) in [5.74, 6) is -1.02. The third kappa shape index (κ3) is 3.97. The van der Waals surface area contributed by atoms with E-state index in [1.807, 2.05) is 11.8 Å². The second-order valence-corrected chi connectivity index (χ2v) is 8.56. The van der Waals surface area contributed by atoms with Gasteiger partial charge < -0.3 is 5.32 Å². The molecule has 27 heavy (non-hydrogen) atoms. The van der Waals surface area contributed by atoms with E-state index in [0.717, 1.165) is 12.5 Å². The first kappa shape index (κ1) is 19.7. The molecule has 0 saturated carbocycles. The molecule has 1 aromatic rings. The number of nitrogens with one attached hydrogen (secondary N) is 1. The third-order valence-electron chi connectivity index (χ3n) is 4.81. The number of nitrogens with zero attached hydrogens (tertiary/aromatic N) is 3. The lowest BCUT2D eigenvalue weighted by Crippen LogP contribution is -2.52. The van der Waals surface area contributed by atoms with Crippen molar-refractivity contribution in [2.24, 2.45) is 0 Å². The summed E-state index contributed by atoms with van der Waals surface area (Å²) in [6.07, 6.45) is 1.38. The standard InChI is InChI=1S/C17H23FN4O4S/c1-2-5-14-16(23)22(17(24)19-14)12-20-8-10-21(11-9-20)27(25,26)15-7-4-3-6-13(15)18/h3-4,6-7,14H,2,5,8-12H2,1H3,(H,19,24)/t14-/m0/s1. The van der Waals surface area contributed by atoms with Gasteiger partial charge in [-0.3, -0.25) is 9.69 Å². The first-order valence-corrected chi connectivity index (χ1v) is 10.4. The minimum atomic E-state index is -3.91. The number of carbonyl (C=O) groups is 2. The average Bonchev–Trinajstić information content (AvgIpc) is 2.90. The van der Waals surface area contributed by atoms with E-state index in [2.05, 4.69) is 5.32 Å². The van der Waals surface area contributed by atoms with E-state index in [1.165, 1.54) is 27.4 Å². The monoisotopic (exact) mass is 398 g/mol. The summed E-state index contributed by atoms with van der Waals surface area (Å²) in [6, 6.07) is 4.39. The maximum atomic E-state index is 13.9. The second-order valence-electron chi connectivity index (χ2n) is 6.65. The summed E-state index contributed by atoms with van der Waals surface area (Å²) >= 11 is 0. The number of benzene rings is 1. The zero-order chi connectivity index (χ0) is 19.6. The number of rotatable bonds is 6. The highest BCUT2D eigenvalue weighted by Gasteiger charge is 2.39. The van der Waals surface area contributed by atoms with Crippen molar-refractivity contribution in [3.63, 3.8) is 0 Å². The van der Waals surface area contributed by atoms with Crippen molar-refractivity contribution >= 4 is 22.0 Å². The summed E-state index contributed by atoms with van der Waals surface area (Å²) in [7, 11) is -3.91. The summed E-state index contributed by atoms with van der Waals surface area (Å²) in [4.78, 5) is 27.0. The average molecular weight is 398 g/mol. The first-order valence-electron chi connectivity index (χ1n) is 8.93. The summed E-state index contributed by atoms with van der Waals surface area (Å²) in [5.41, 5.74) is 0. The van der Waals surface area contributed by atoms with Crippen molar-refractivity contribution in [1.82, 2.24) is 19.4 Å². The van der Waals surface area contributed by atoms with Gasteiger partial charge in [0.2, 0.25) is 10.0 Å². The molecule has 2 heterocycles. The maximum absolute atomic E-state index is 13.9. The Balaban J connectivity index is 1.60. The van der Waals surface area contributed by atoms with Crippen LogP contribution in [0.1, 0.15) is 19.8 Å². The lowest BCUT2D eigenvalue weighted by atomic mass is 10.2. The molecule has 3 rings (SSSR count). The number of hydrogen-bond donors (Lipinski definition) is 1. The fourth-order valence-corrected chi connectivity index (χ4v) is 4.79. The van der Waals surface area contributed by atoms with Gasteiger partial charge in [-0.2, -0.15) is 4.31 Å². The summed E-state index contributed by atoms with van der Waals surface area (Å²) in [6.45, 7) is 3.10. The van der Waals surface area contributed by atoms with Crippen molar-refractivity contribution in [2.75, 3.05) is 32.8 Å². The Bertz CT molecular complexity index is 824. The van der Waals surface area contributed by atoms with Gasteiger partial charge in [-0.05, 0) is 18.6 Å². The molecule has 3 amide bonds. The lowest BCUT2D eigenvalue weighted by Gasteiger charge is -2.35. The fraction of sp³-hybridized carbons (Fsp3) is 0.529. The van der Waals surface area contributed by atoms with Gasteiger partial charge in [0.1, 0.15) is 16.8 Å². The van der Waals surface area contributed by atoms with E-state index in [9.17, 15) is 22.4 Å². The SMILES string of the molecule is CCC[C@@H]1NC(=O)N(CN2CCN(S(=O)(=O)c3ccccc3F)CC2)C1=O. The van der Waals surface area contributed by atoms with E-state index in [-0.39, 0.29) is 30.6 Å². The van der Waals surface area contributed by atoms with Crippen LogP contribution in [0.4, 0.5) is 9.18 Å². The normalized spacial score (nSPS) is 22.3. The molecule has 1 N–H and O–H groups in total. The van der Waals surface area contributed by atoms with E-state index < -0.39 is 27.9 Å². The van der Waals surface area contributed by atoms with Gasteiger partial charge in [0.05, 0.1) is 6.67 Å². The Kier molecular flexibility index (Phi) is 5.78. The van der Waals surface area contributed by atoms with Crippen molar-refractivity contribution < 1.29 is 22.4 Å². The minimum absolute atomic E-state index is 0.123. The fourth-order valence-electron chi connectivity index (χ4n) is 3.30. The summed E-state index contributed by atoms with van der Waals surface area (Å²) in [5, 5.41) is 2.67. The zero-order valence-corrected chi connectivity index (χ0v) is 15.9. The molecule has 2 fully saturated rings. The molecule has 2 aliphatic heterocycles. The molecule has 10 heteroatoms. The largest absolute Gasteiger partial charge is 0.326 e. The molecule has 2 saturated heterocycles. The van der Waals surface area contributed by atoms with Crippen LogP contribution in [0.2, 0.25) is 0 Å². The van der Waals surface area contributed by atoms with E-state index in [0.29, 0.717) is 19.5 Å². The number of amides is 3. The quantitative estimate of drug-likeness (QED) is 0.717. The molecule has 1 atom stereocenters. The van der Waals surface area contributed by atoms with Gasteiger partial charge in [0.15, 0.2) is 0 Å². The van der Waals surface area contributed by atoms with Gasteiger partial charge >= 0.3 is 6.03 Å². The van der Waals surface area contributed by atoms with Gasteiger partial charge in [0.25, 0.3) is 5.91 Å². The predicted octanol–water partition coefficient (Wildman–Crippen LogP) is 0.810. The maximum Gasteiger partial charge on any atom is 0.325 e. The molecule has 148 valence electrons. The summed E-state index contributed by atoms with van der Waals surface area (Å²) < 4.78 is 40.3. The van der Waals surface area contributed by atoms with E-state index in [4.69, 9.17) is 0 Å². The Morgan fingerprint density at radius 2 is 1.81 bits per heavy atom. The highest BCUT2D eigenvalue weighted by atomic mass is 32.2. The number of carbonyl (C=O) groups excluding carboxylic acids is 2. The molecule has 8 nitrogen and oxygen atoms in total. The van der Waals surface area contributed by atoms with E-state index >= 15 is 0 Å². The van der Waals surface area contributed by atoms with Crippen LogP contribution in [0.25, 0.3) is 0 Å². The molecule has 2 aliphatic rings. The molecule has 0 bridgehead atoms. The van der Waals surface area contributed by atoms with Crippen molar-refractivity contribution in [1.29, 1.82) is 0 Å². The Morgan fingerprint density at radius 1 is 1.15 bits per heavy atom. The highest BCUT2D eigenvalue weighted by Crippen LogP contribution is 2.21. The molecule has 1 aromatic carbocycles.